The largest absolute Gasteiger partial charge is 0.371 e. The van der Waals surface area contributed by atoms with Crippen LogP contribution in [-0.4, -0.2) is 200 Å². The van der Waals surface area contributed by atoms with E-state index < -0.39 is 60.7 Å². The van der Waals surface area contributed by atoms with Crippen molar-refractivity contribution in [1.29, 1.82) is 0 Å². The predicted molar refractivity (Wildman–Crippen MR) is 229 cm³/mol. The van der Waals surface area contributed by atoms with Crippen LogP contribution in [0, 0.1) is 0 Å². The summed E-state index contributed by atoms with van der Waals surface area (Å²) in [5.41, 5.74) is -0.688. The van der Waals surface area contributed by atoms with E-state index in [-0.39, 0.29) is 98.1 Å². The molecule has 384 valence electrons. The summed E-state index contributed by atoms with van der Waals surface area (Å²) in [5.74, 6) is 0.246. The lowest BCUT2D eigenvalue weighted by Crippen LogP contribution is -2.20. The quantitative estimate of drug-likeness (QED) is 0.0911. The molecule has 0 bridgehead atoms. The molecule has 30 heteroatoms. The van der Waals surface area contributed by atoms with Gasteiger partial charge >= 0.3 is 0 Å². The number of rotatable bonds is 24. The average molecular weight is 1050 g/mol. The van der Waals surface area contributed by atoms with Crippen LogP contribution < -0.4 is 0 Å². The molecule has 64 heavy (non-hydrogen) atoms. The molecule has 6 aliphatic rings. The SMILES string of the molecule is CCCCS(=O)(=O)OCC1CO1.CCCS(=O)(=O)OCC1CO1.CCS(=O)(=O)OCC1CO1.C[C@@]1(COS(C)(=O)=O)CO1.C[C@H]1O[C@H]1[C@@H](C)OS(C)(=O)=O.C[C@]1(COS(C)(=O)=O)CO1. The summed E-state index contributed by atoms with van der Waals surface area (Å²) in [7, 11) is -19.7. The molecule has 0 aromatic heterocycles. The lowest BCUT2D eigenvalue weighted by atomic mass is 10.2. The summed E-state index contributed by atoms with van der Waals surface area (Å²) in [6.07, 6.45) is 4.97. The van der Waals surface area contributed by atoms with Crippen LogP contribution in [0.4, 0.5) is 0 Å². The van der Waals surface area contributed by atoms with Crippen molar-refractivity contribution >= 4 is 60.7 Å². The maximum Gasteiger partial charge on any atom is 0.267 e. The summed E-state index contributed by atoms with van der Waals surface area (Å²) in [6.45, 7) is 16.3. The summed E-state index contributed by atoms with van der Waals surface area (Å²) in [5, 5.41) is 0. The fourth-order valence-electron chi connectivity index (χ4n) is 3.71. The van der Waals surface area contributed by atoms with Gasteiger partial charge in [0.1, 0.15) is 41.7 Å². The molecule has 6 saturated heterocycles. The summed E-state index contributed by atoms with van der Waals surface area (Å²) in [4.78, 5) is 0. The fraction of sp³-hybridized carbons (Fsp3) is 1.00. The maximum atomic E-state index is 11.0. The van der Waals surface area contributed by atoms with Crippen molar-refractivity contribution in [3.63, 3.8) is 0 Å². The molecular formula is C34H68O24S6. The van der Waals surface area contributed by atoms with Crippen LogP contribution >= 0.6 is 0 Å². The standard InChI is InChI=1S/C7H14O4S.2C6H12O4S.3C5H10O4S/c1-2-3-4-12(8,9)11-6-7-5-10-7;1-4-6(9-4)5(2)10-11(3,7)8;1-2-3-11(7,8)10-5-6-4-9-6;2*1-5(3-8-5)4-9-10(2,6)7;1-2-10(6,7)9-4-5-3-8-5/h7H,2-6H2,1H3;4-6H,1-3H3;6H,2-5H2,1H3;2*3-4H2,1-2H3;5H,2-4H2,1H3/t;4-,5-,6-;;2*5-;/m.1.10./s1. The topological polar surface area (TPSA) is 335 Å². The minimum absolute atomic E-state index is 0.0151. The molecule has 0 saturated carbocycles. The van der Waals surface area contributed by atoms with Crippen LogP contribution in [0.1, 0.15) is 67.7 Å². The Morgan fingerprint density at radius 1 is 0.562 bits per heavy atom. The second-order valence-electron chi connectivity index (χ2n) is 15.7. The summed E-state index contributed by atoms with van der Waals surface area (Å²) in [6, 6.07) is 0. The van der Waals surface area contributed by atoms with E-state index in [0.29, 0.717) is 45.9 Å². The third-order valence-electron chi connectivity index (χ3n) is 8.04. The van der Waals surface area contributed by atoms with Gasteiger partial charge in [0.05, 0.1) is 108 Å². The molecule has 0 aromatic rings. The molecule has 0 aromatic carbocycles. The van der Waals surface area contributed by atoms with E-state index in [2.05, 4.69) is 20.9 Å². The van der Waals surface area contributed by atoms with Crippen molar-refractivity contribution in [2.75, 3.05) is 102 Å². The van der Waals surface area contributed by atoms with Crippen LogP contribution in [0.25, 0.3) is 0 Å². The van der Waals surface area contributed by atoms with E-state index in [1.54, 1.807) is 34.6 Å². The van der Waals surface area contributed by atoms with Gasteiger partial charge in [-0.1, -0.05) is 20.3 Å². The van der Waals surface area contributed by atoms with Crippen LogP contribution in [0.3, 0.4) is 0 Å². The number of hydrogen-bond acceptors (Lipinski definition) is 24. The molecule has 6 heterocycles. The van der Waals surface area contributed by atoms with Gasteiger partial charge in [0.15, 0.2) is 0 Å². The summed E-state index contributed by atoms with van der Waals surface area (Å²) >= 11 is 0. The van der Waals surface area contributed by atoms with Gasteiger partial charge < -0.3 is 28.4 Å². The molecule has 0 spiro atoms. The Kier molecular flexibility index (Phi) is 25.7. The molecule has 3 unspecified atom stereocenters. The van der Waals surface area contributed by atoms with Crippen molar-refractivity contribution in [3.8, 4) is 0 Å². The highest BCUT2D eigenvalue weighted by Gasteiger charge is 2.42. The normalized spacial score (nSPS) is 27.9. The Hall–Kier alpha value is -0.780. The molecule has 0 N–H and O–H groups in total. The van der Waals surface area contributed by atoms with Gasteiger partial charge in [0.2, 0.25) is 0 Å². The molecule has 0 aliphatic carbocycles. The number of epoxide rings is 6. The van der Waals surface area contributed by atoms with Crippen molar-refractivity contribution in [2.24, 2.45) is 0 Å². The Bertz CT molecular complexity index is 1990. The van der Waals surface area contributed by atoms with Gasteiger partial charge in [-0.15, -0.1) is 0 Å². The average Bonchev–Trinajstić information content (AvgIpc) is 3.95. The van der Waals surface area contributed by atoms with Gasteiger partial charge in [-0.3, -0.25) is 25.1 Å². The summed E-state index contributed by atoms with van der Waals surface area (Å²) < 4.78 is 185. The molecule has 24 nitrogen and oxygen atoms in total. The van der Waals surface area contributed by atoms with Gasteiger partial charge in [0.25, 0.3) is 60.7 Å². The van der Waals surface area contributed by atoms with Crippen molar-refractivity contribution in [3.05, 3.63) is 0 Å². The minimum atomic E-state index is -3.33. The number of unbranched alkanes of at least 4 members (excludes halogenated alkanes) is 1. The highest BCUT2D eigenvalue weighted by molar-refractivity contribution is 7.87. The van der Waals surface area contributed by atoms with E-state index in [1.165, 1.54) is 0 Å². The zero-order valence-corrected chi connectivity index (χ0v) is 42.9. The first-order valence-electron chi connectivity index (χ1n) is 20.1. The molecule has 0 radical (unpaired) electrons. The Balaban J connectivity index is 0.000000384. The molecule has 8 atom stereocenters. The lowest BCUT2D eigenvalue weighted by Gasteiger charge is -2.06. The van der Waals surface area contributed by atoms with Gasteiger partial charge in [-0.2, -0.15) is 50.5 Å². The smallest absolute Gasteiger partial charge is 0.267 e. The minimum Gasteiger partial charge on any atom is -0.371 e. The molecule has 6 fully saturated rings. The van der Waals surface area contributed by atoms with E-state index in [4.69, 9.17) is 32.6 Å². The van der Waals surface area contributed by atoms with Crippen LogP contribution in [0.2, 0.25) is 0 Å². The third kappa shape index (κ3) is 37.2. The zero-order chi connectivity index (χ0) is 49.3. The molecule has 6 rings (SSSR count). The van der Waals surface area contributed by atoms with Crippen molar-refractivity contribution in [2.45, 2.75) is 116 Å². The molecular weight excluding hydrogens is 985 g/mol. The molecule has 6 aliphatic heterocycles. The second kappa shape index (κ2) is 26.8. The highest BCUT2D eigenvalue weighted by atomic mass is 32.2. The lowest BCUT2D eigenvalue weighted by molar-refractivity contribution is 0.184. The zero-order valence-electron chi connectivity index (χ0n) is 38.0. The van der Waals surface area contributed by atoms with Crippen LogP contribution in [0.5, 0.6) is 0 Å². The van der Waals surface area contributed by atoms with E-state index in [9.17, 15) is 50.5 Å². The monoisotopic (exact) mass is 1050 g/mol. The number of ether oxygens (including phenoxy) is 6. The van der Waals surface area contributed by atoms with Crippen molar-refractivity contribution in [1.82, 2.24) is 0 Å². The molecule has 0 amide bonds. The third-order valence-corrected chi connectivity index (χ3v) is 13.7. The first-order chi connectivity index (χ1) is 29.1. The Morgan fingerprint density at radius 2 is 0.906 bits per heavy atom. The van der Waals surface area contributed by atoms with E-state index in [1.807, 2.05) is 13.8 Å². The predicted octanol–water partition coefficient (Wildman–Crippen LogP) is 0.0662. The van der Waals surface area contributed by atoms with Gasteiger partial charge in [-0.25, -0.2) is 0 Å². The van der Waals surface area contributed by atoms with Gasteiger partial charge in [0, 0.05) is 0 Å². The fourth-order valence-corrected chi connectivity index (χ4v) is 7.92. The van der Waals surface area contributed by atoms with Crippen LogP contribution in [0.15, 0.2) is 0 Å². The first-order valence-corrected chi connectivity index (χ1v) is 30.3. The number of hydrogen-bond donors (Lipinski definition) is 0. The second-order valence-corrected chi connectivity index (χ2v) is 26.0. The first kappa shape index (κ1) is 61.2. The van der Waals surface area contributed by atoms with E-state index in [0.717, 1.165) is 25.2 Å². The van der Waals surface area contributed by atoms with E-state index >= 15 is 0 Å². The highest BCUT2D eigenvalue weighted by Crippen LogP contribution is 2.28. The van der Waals surface area contributed by atoms with Crippen molar-refractivity contribution < 1.29 is 104 Å². The Morgan fingerprint density at radius 3 is 1.16 bits per heavy atom. The Labute approximate surface area is 380 Å². The van der Waals surface area contributed by atoms with Crippen LogP contribution in [-0.2, 0) is 114 Å². The van der Waals surface area contributed by atoms with Gasteiger partial charge in [-0.05, 0) is 47.5 Å². The maximum absolute atomic E-state index is 11.0.